The molecular weight excluding hydrogens is 568 g/mol. The van der Waals surface area contributed by atoms with Crippen molar-refractivity contribution in [2.45, 2.75) is 64.0 Å². The molecular formula is C31H34ClF2N3O5. The van der Waals surface area contributed by atoms with Crippen LogP contribution in [0.3, 0.4) is 0 Å². The van der Waals surface area contributed by atoms with Crippen LogP contribution in [-0.4, -0.2) is 57.4 Å². The predicted octanol–water partition coefficient (Wildman–Crippen LogP) is 6.02. The van der Waals surface area contributed by atoms with E-state index in [-0.39, 0.29) is 16.3 Å². The smallest absolute Gasteiger partial charge is 0.330 e. The molecule has 1 aliphatic carbocycles. The molecule has 2 heterocycles. The Morgan fingerprint density at radius 1 is 1.12 bits per heavy atom. The average Bonchev–Trinajstić information content (AvgIpc) is 3.59. The Labute approximate surface area is 247 Å². The van der Waals surface area contributed by atoms with Crippen LogP contribution in [-0.2, 0) is 27.8 Å². The number of likely N-dealkylation sites (tertiary alicyclic amines) is 1. The molecule has 1 atom stereocenters. The van der Waals surface area contributed by atoms with Crippen molar-refractivity contribution >= 4 is 45.9 Å². The van der Waals surface area contributed by atoms with Gasteiger partial charge in [-0.2, -0.15) is 4.39 Å². The number of Topliss-reactive ketones (excluding diaryl/α,β-unsaturated/α-hetero) is 1. The first-order chi connectivity index (χ1) is 20.0. The molecule has 1 aliphatic heterocycles. The topological polar surface area (TPSA) is 101 Å². The number of carbonyl (C=O) groups is 3. The van der Waals surface area contributed by atoms with Gasteiger partial charge in [-0.05, 0) is 69.2 Å². The van der Waals surface area contributed by atoms with Gasteiger partial charge in [0.15, 0.2) is 0 Å². The van der Waals surface area contributed by atoms with Gasteiger partial charge in [-0.1, -0.05) is 29.8 Å². The number of aromatic nitrogens is 1. The number of aliphatic carboxylic acids is 1. The van der Waals surface area contributed by atoms with Crippen LogP contribution in [0.25, 0.3) is 10.9 Å². The molecule has 11 heteroatoms. The first kappa shape index (κ1) is 30.1. The number of anilines is 1. The number of hydrogen-bond donors (Lipinski definition) is 2. The Balaban J connectivity index is 1.33. The van der Waals surface area contributed by atoms with Crippen molar-refractivity contribution in [2.24, 2.45) is 13.0 Å². The standard InChI is InChI=1S/C31H34ClF2N3O5/c1-18-28(22-7-3-4-8-26(22)36(18)2)29(39)35-25-17-24(33)20(15-23(25)32)16-27(38)31(34,37-13-5-6-14-37)42-21-11-9-19(10-12-21)30(40)41/h3-4,7-8,15,17,19,21H,5-6,9-14,16H2,1-2H3,(H,35,39)(H,40,41)/t19-,21-,31?. The number of nitrogens with one attached hydrogen (secondary N) is 1. The van der Waals surface area contributed by atoms with Gasteiger partial charge in [0, 0.05) is 43.2 Å². The molecule has 1 amide bonds. The minimum Gasteiger partial charge on any atom is -0.481 e. The van der Waals surface area contributed by atoms with Gasteiger partial charge in [0.25, 0.3) is 5.91 Å². The molecule has 2 N–H and O–H groups in total. The lowest BCUT2D eigenvalue weighted by molar-refractivity contribution is -0.252. The van der Waals surface area contributed by atoms with Crippen LogP contribution in [0.2, 0.25) is 5.02 Å². The highest BCUT2D eigenvalue weighted by Crippen LogP contribution is 2.35. The number of carbonyl (C=O) groups excluding carboxylic acids is 2. The van der Waals surface area contributed by atoms with Crippen molar-refractivity contribution in [3.63, 3.8) is 0 Å². The van der Waals surface area contributed by atoms with Crippen molar-refractivity contribution in [2.75, 3.05) is 18.4 Å². The third kappa shape index (κ3) is 5.80. The molecule has 8 nitrogen and oxygen atoms in total. The van der Waals surface area contributed by atoms with Crippen LogP contribution in [0.5, 0.6) is 0 Å². The first-order valence-corrected chi connectivity index (χ1v) is 14.6. The zero-order chi connectivity index (χ0) is 30.2. The lowest BCUT2D eigenvalue weighted by atomic mass is 9.87. The molecule has 0 radical (unpaired) electrons. The molecule has 1 saturated carbocycles. The number of nitrogens with zero attached hydrogens (tertiary/aromatic N) is 2. The van der Waals surface area contributed by atoms with Crippen LogP contribution in [0, 0.1) is 18.7 Å². The van der Waals surface area contributed by atoms with Crippen molar-refractivity contribution in [1.82, 2.24) is 9.47 Å². The van der Waals surface area contributed by atoms with Crippen molar-refractivity contribution in [3.8, 4) is 0 Å². The monoisotopic (exact) mass is 601 g/mol. The summed E-state index contributed by atoms with van der Waals surface area (Å²) >= 11 is 6.43. The molecule has 2 fully saturated rings. The van der Waals surface area contributed by atoms with E-state index in [4.69, 9.17) is 16.3 Å². The number of carboxylic acids is 1. The molecule has 1 saturated heterocycles. The molecule has 2 aromatic carbocycles. The maximum Gasteiger partial charge on any atom is 0.330 e. The van der Waals surface area contributed by atoms with Crippen LogP contribution in [0.4, 0.5) is 14.5 Å². The number of carboxylic acid groups (broad SMARTS) is 1. The van der Waals surface area contributed by atoms with E-state index in [9.17, 15) is 19.5 Å². The number of aryl methyl sites for hydroxylation is 1. The summed E-state index contributed by atoms with van der Waals surface area (Å²) in [5, 5.41) is 12.7. The Morgan fingerprint density at radius 2 is 1.79 bits per heavy atom. The highest BCUT2D eigenvalue weighted by atomic mass is 35.5. The number of hydrogen-bond acceptors (Lipinski definition) is 5. The van der Waals surface area contributed by atoms with E-state index in [0.717, 1.165) is 22.7 Å². The number of rotatable bonds is 9. The van der Waals surface area contributed by atoms with Crippen molar-refractivity contribution < 1.29 is 33.0 Å². The number of benzene rings is 2. The highest BCUT2D eigenvalue weighted by molar-refractivity contribution is 6.34. The zero-order valence-corrected chi connectivity index (χ0v) is 24.3. The largest absolute Gasteiger partial charge is 0.481 e. The van der Waals surface area contributed by atoms with E-state index < -0.39 is 47.9 Å². The minimum atomic E-state index is -2.77. The normalized spacial score (nSPS) is 20.9. The summed E-state index contributed by atoms with van der Waals surface area (Å²) in [7, 11) is 1.85. The average molecular weight is 602 g/mol. The molecule has 5 rings (SSSR count). The SMILES string of the molecule is Cc1c(C(=O)Nc2cc(F)c(CC(=O)C(F)(O[C@H]3CC[C@H](C(=O)O)CC3)N3CCCC3)cc2Cl)c2ccccc2n1C. The Morgan fingerprint density at radius 3 is 2.45 bits per heavy atom. The maximum atomic E-state index is 16.5. The second kappa shape index (κ2) is 12.1. The van der Waals surface area contributed by atoms with Gasteiger partial charge < -0.3 is 19.7 Å². The van der Waals surface area contributed by atoms with Crippen LogP contribution < -0.4 is 5.32 Å². The fraction of sp³-hybridized carbons (Fsp3) is 0.452. The molecule has 0 spiro atoms. The first-order valence-electron chi connectivity index (χ1n) is 14.2. The summed E-state index contributed by atoms with van der Waals surface area (Å²) in [5.41, 5.74) is 1.94. The van der Waals surface area contributed by atoms with Crippen LogP contribution in [0.1, 0.15) is 60.1 Å². The van der Waals surface area contributed by atoms with E-state index in [1.807, 2.05) is 42.8 Å². The number of ketones is 1. The molecule has 3 aromatic rings. The third-order valence-electron chi connectivity index (χ3n) is 8.57. The summed E-state index contributed by atoms with van der Waals surface area (Å²) < 4.78 is 39.5. The molecule has 1 aromatic heterocycles. The van der Waals surface area contributed by atoms with E-state index in [1.54, 1.807) is 0 Å². The second-order valence-corrected chi connectivity index (χ2v) is 11.6. The Hall–Kier alpha value is -3.34. The fourth-order valence-electron chi connectivity index (χ4n) is 6.06. The van der Waals surface area contributed by atoms with E-state index in [1.165, 1.54) is 11.0 Å². The van der Waals surface area contributed by atoms with Crippen molar-refractivity contribution in [3.05, 3.63) is 64.1 Å². The van der Waals surface area contributed by atoms with Gasteiger partial charge in [-0.15, -0.1) is 0 Å². The quantitative estimate of drug-likeness (QED) is 0.291. The predicted molar refractivity (Wildman–Crippen MR) is 155 cm³/mol. The molecule has 42 heavy (non-hydrogen) atoms. The molecule has 224 valence electrons. The van der Waals surface area contributed by atoms with Gasteiger partial charge in [0.1, 0.15) is 5.82 Å². The lowest BCUT2D eigenvalue weighted by Crippen LogP contribution is -2.54. The number of ether oxygens (including phenoxy) is 1. The zero-order valence-electron chi connectivity index (χ0n) is 23.6. The summed E-state index contributed by atoms with van der Waals surface area (Å²) in [6.07, 6.45) is 1.44. The summed E-state index contributed by atoms with van der Waals surface area (Å²) in [6.45, 7) is 2.44. The van der Waals surface area contributed by atoms with Crippen LogP contribution in [0.15, 0.2) is 36.4 Å². The Kier molecular flexibility index (Phi) is 8.68. The molecule has 2 aliphatic rings. The van der Waals surface area contributed by atoms with Gasteiger partial charge in [-0.25, -0.2) is 9.29 Å². The van der Waals surface area contributed by atoms with E-state index in [2.05, 4.69) is 5.32 Å². The third-order valence-corrected chi connectivity index (χ3v) is 8.88. The van der Waals surface area contributed by atoms with E-state index >= 15 is 8.78 Å². The minimum absolute atomic E-state index is 0.00369. The van der Waals surface area contributed by atoms with Crippen LogP contribution >= 0.6 is 11.6 Å². The Bertz CT molecular complexity index is 1530. The number of para-hydroxylation sites is 1. The van der Waals surface area contributed by atoms with Gasteiger partial charge in [-0.3, -0.25) is 14.4 Å². The number of halogens is 3. The maximum absolute atomic E-state index is 16.5. The van der Waals surface area contributed by atoms with E-state index in [0.29, 0.717) is 57.2 Å². The number of fused-ring (bicyclic) bond motifs is 1. The second-order valence-electron chi connectivity index (χ2n) is 11.2. The van der Waals surface area contributed by atoms with Gasteiger partial charge in [0.05, 0.1) is 28.3 Å². The summed E-state index contributed by atoms with van der Waals surface area (Å²) in [6, 6.07) is 9.69. The number of alkyl halides is 1. The fourth-order valence-corrected chi connectivity index (χ4v) is 6.30. The van der Waals surface area contributed by atoms with Gasteiger partial charge >= 0.3 is 11.9 Å². The summed E-state index contributed by atoms with van der Waals surface area (Å²) in [4.78, 5) is 39.3. The highest BCUT2D eigenvalue weighted by Gasteiger charge is 2.49. The van der Waals surface area contributed by atoms with Gasteiger partial charge in [0.2, 0.25) is 5.78 Å². The summed E-state index contributed by atoms with van der Waals surface area (Å²) in [5.74, 6) is -6.41. The molecule has 1 unspecified atom stereocenters. The molecule has 0 bridgehead atoms. The number of amides is 1. The lowest BCUT2D eigenvalue weighted by Gasteiger charge is -2.37. The van der Waals surface area contributed by atoms with Crippen molar-refractivity contribution in [1.29, 1.82) is 0 Å².